The summed E-state index contributed by atoms with van der Waals surface area (Å²) in [5, 5.41) is 1.46. The van der Waals surface area contributed by atoms with Crippen molar-refractivity contribution in [2.75, 3.05) is 26.2 Å². The molecule has 36 heavy (non-hydrogen) atoms. The minimum Gasteiger partial charge on any atom is -0.488 e. The molecule has 6 rings (SSSR count). The van der Waals surface area contributed by atoms with Gasteiger partial charge in [0, 0.05) is 53.2 Å². The van der Waals surface area contributed by atoms with Crippen LogP contribution in [0.1, 0.15) is 35.6 Å². The molecular formula is C30H28Cl2N2O2. The van der Waals surface area contributed by atoms with E-state index in [-0.39, 0.29) is 11.3 Å². The van der Waals surface area contributed by atoms with E-state index in [1.165, 1.54) is 5.56 Å². The molecule has 4 nitrogen and oxygen atoms in total. The third-order valence-electron chi connectivity index (χ3n) is 7.92. The molecule has 1 atom stereocenters. The van der Waals surface area contributed by atoms with Crippen LogP contribution in [-0.2, 0) is 11.3 Å². The molecule has 0 saturated carbocycles. The van der Waals surface area contributed by atoms with Crippen molar-refractivity contribution in [2.45, 2.75) is 25.4 Å². The number of hydrogen-bond acceptors (Lipinski definition) is 3. The average molecular weight is 519 g/mol. The molecule has 3 heterocycles. The van der Waals surface area contributed by atoms with E-state index < -0.39 is 0 Å². The minimum atomic E-state index is 0.0685. The predicted octanol–water partition coefficient (Wildman–Crippen LogP) is 6.64. The summed E-state index contributed by atoms with van der Waals surface area (Å²) in [6.45, 7) is 3.64. The Labute approximate surface area is 222 Å². The van der Waals surface area contributed by atoms with Crippen LogP contribution >= 0.6 is 23.2 Å². The first-order valence-electron chi connectivity index (χ1n) is 12.5. The zero-order valence-corrected chi connectivity index (χ0v) is 21.5. The number of rotatable bonds is 4. The number of carbonyl (C=O) groups excluding carboxylic acids is 1. The molecule has 0 N–H and O–H groups in total. The molecule has 2 saturated heterocycles. The van der Waals surface area contributed by atoms with Crippen LogP contribution in [0.5, 0.6) is 5.75 Å². The molecular weight excluding hydrogens is 491 g/mol. The Kier molecular flexibility index (Phi) is 6.28. The fraction of sp³-hybridized carbons (Fsp3) is 0.300. The van der Waals surface area contributed by atoms with Crippen LogP contribution in [0.2, 0.25) is 10.0 Å². The highest BCUT2D eigenvalue weighted by molar-refractivity contribution is 6.31. The molecule has 3 aliphatic rings. The summed E-state index contributed by atoms with van der Waals surface area (Å²) < 4.78 is 5.84. The normalized spacial score (nSPS) is 20.8. The van der Waals surface area contributed by atoms with Gasteiger partial charge in [-0.3, -0.25) is 9.69 Å². The Morgan fingerprint density at radius 2 is 1.72 bits per heavy atom. The molecule has 0 radical (unpaired) electrons. The largest absolute Gasteiger partial charge is 0.488 e. The number of carbonyl (C=O) groups is 1. The lowest BCUT2D eigenvalue weighted by Crippen LogP contribution is -2.62. The second kappa shape index (κ2) is 9.59. The van der Waals surface area contributed by atoms with Crippen LogP contribution in [0.25, 0.3) is 6.08 Å². The van der Waals surface area contributed by atoms with Crippen molar-refractivity contribution >= 4 is 35.2 Å². The van der Waals surface area contributed by atoms with Crippen molar-refractivity contribution in [3.05, 3.63) is 105 Å². The molecule has 1 spiro atoms. The van der Waals surface area contributed by atoms with Gasteiger partial charge in [0.1, 0.15) is 12.4 Å². The zero-order valence-electron chi connectivity index (χ0n) is 20.0. The Morgan fingerprint density at radius 3 is 2.50 bits per heavy atom. The second-order valence-corrected chi connectivity index (χ2v) is 10.9. The van der Waals surface area contributed by atoms with Gasteiger partial charge in [-0.25, -0.2) is 0 Å². The van der Waals surface area contributed by atoms with E-state index in [0.29, 0.717) is 23.2 Å². The lowest BCUT2D eigenvalue weighted by atomic mass is 9.63. The predicted molar refractivity (Wildman–Crippen MR) is 144 cm³/mol. The molecule has 1 amide bonds. The summed E-state index contributed by atoms with van der Waals surface area (Å²) in [5.41, 5.74) is 4.22. The van der Waals surface area contributed by atoms with E-state index in [1.807, 2.05) is 47.4 Å². The number of nitrogens with zero attached hydrogens (tertiary/aromatic N) is 2. The summed E-state index contributed by atoms with van der Waals surface area (Å²) >= 11 is 12.6. The first kappa shape index (κ1) is 23.6. The number of ether oxygens (including phenoxy) is 1. The van der Waals surface area contributed by atoms with Crippen LogP contribution in [0, 0.1) is 5.41 Å². The van der Waals surface area contributed by atoms with Gasteiger partial charge in [-0.2, -0.15) is 0 Å². The van der Waals surface area contributed by atoms with Crippen molar-refractivity contribution in [1.82, 2.24) is 9.80 Å². The quantitative estimate of drug-likeness (QED) is 0.388. The average Bonchev–Trinajstić information content (AvgIpc) is 2.89. The molecule has 184 valence electrons. The lowest BCUT2D eigenvalue weighted by Gasteiger charge is -2.61. The van der Waals surface area contributed by atoms with Gasteiger partial charge in [0.25, 0.3) is 5.91 Å². The van der Waals surface area contributed by atoms with Gasteiger partial charge < -0.3 is 9.64 Å². The lowest BCUT2D eigenvalue weighted by molar-refractivity contribution is -0.141. The van der Waals surface area contributed by atoms with E-state index in [2.05, 4.69) is 41.3 Å². The van der Waals surface area contributed by atoms with Gasteiger partial charge in [0.15, 0.2) is 0 Å². The van der Waals surface area contributed by atoms with Crippen molar-refractivity contribution in [3.63, 3.8) is 0 Å². The number of amides is 1. The van der Waals surface area contributed by atoms with Crippen LogP contribution in [0.3, 0.4) is 0 Å². The van der Waals surface area contributed by atoms with Crippen molar-refractivity contribution < 1.29 is 9.53 Å². The standard InChI is InChI=1S/C30H28Cl2N2O2/c31-25-10-11-27-23(17-25)16-24(19-36-27)29(35)33-14-12-30(13-15-33)20-34(18-22-8-4-5-9-26(22)32)28(30)21-6-2-1-3-7-21/h1-11,16-17,28H,12-15,18-20H2. The number of piperidine rings is 1. The highest BCUT2D eigenvalue weighted by Crippen LogP contribution is 2.55. The molecule has 0 aliphatic carbocycles. The summed E-state index contributed by atoms with van der Waals surface area (Å²) in [7, 11) is 0. The van der Waals surface area contributed by atoms with Crippen LogP contribution < -0.4 is 4.74 Å². The van der Waals surface area contributed by atoms with Gasteiger partial charge in [-0.05, 0) is 54.3 Å². The Bertz CT molecular complexity index is 1320. The van der Waals surface area contributed by atoms with E-state index in [0.717, 1.165) is 60.9 Å². The zero-order chi connectivity index (χ0) is 24.7. The smallest absolute Gasteiger partial charge is 0.253 e. The Hall–Kier alpha value is -2.79. The molecule has 0 bridgehead atoms. The Balaban J connectivity index is 1.18. The van der Waals surface area contributed by atoms with E-state index >= 15 is 0 Å². The molecule has 3 aromatic rings. The van der Waals surface area contributed by atoms with Crippen LogP contribution in [0.4, 0.5) is 0 Å². The fourth-order valence-electron chi connectivity index (χ4n) is 6.11. The van der Waals surface area contributed by atoms with Gasteiger partial charge >= 0.3 is 0 Å². The molecule has 6 heteroatoms. The third kappa shape index (κ3) is 4.32. The van der Waals surface area contributed by atoms with E-state index in [1.54, 1.807) is 0 Å². The summed E-state index contributed by atoms with van der Waals surface area (Å²) in [4.78, 5) is 17.9. The highest BCUT2D eigenvalue weighted by Gasteiger charge is 2.54. The van der Waals surface area contributed by atoms with Crippen molar-refractivity contribution in [1.29, 1.82) is 0 Å². The minimum absolute atomic E-state index is 0.0685. The topological polar surface area (TPSA) is 32.8 Å². The molecule has 3 aliphatic heterocycles. The highest BCUT2D eigenvalue weighted by atomic mass is 35.5. The number of halogens is 2. The van der Waals surface area contributed by atoms with E-state index in [4.69, 9.17) is 27.9 Å². The summed E-state index contributed by atoms with van der Waals surface area (Å²) in [5.74, 6) is 0.839. The van der Waals surface area contributed by atoms with Crippen LogP contribution in [0.15, 0.2) is 78.4 Å². The maximum Gasteiger partial charge on any atom is 0.253 e. The number of likely N-dealkylation sites (tertiary alicyclic amines) is 2. The maximum atomic E-state index is 13.4. The Morgan fingerprint density at radius 1 is 0.972 bits per heavy atom. The monoisotopic (exact) mass is 518 g/mol. The first-order chi connectivity index (χ1) is 17.5. The fourth-order valence-corrected chi connectivity index (χ4v) is 6.49. The van der Waals surface area contributed by atoms with Gasteiger partial charge in [-0.1, -0.05) is 71.7 Å². The number of hydrogen-bond donors (Lipinski definition) is 0. The van der Waals surface area contributed by atoms with Crippen molar-refractivity contribution in [2.24, 2.45) is 5.41 Å². The van der Waals surface area contributed by atoms with Gasteiger partial charge in [-0.15, -0.1) is 0 Å². The van der Waals surface area contributed by atoms with Gasteiger partial charge in [0.2, 0.25) is 0 Å². The third-order valence-corrected chi connectivity index (χ3v) is 8.52. The molecule has 2 fully saturated rings. The first-order valence-corrected chi connectivity index (χ1v) is 13.2. The summed E-state index contributed by atoms with van der Waals surface area (Å²) in [6, 6.07) is 24.7. The number of fused-ring (bicyclic) bond motifs is 1. The molecule has 0 aromatic heterocycles. The molecule has 1 unspecified atom stereocenters. The van der Waals surface area contributed by atoms with Gasteiger partial charge in [0.05, 0.1) is 5.57 Å². The second-order valence-electron chi connectivity index (χ2n) is 10.1. The maximum absolute atomic E-state index is 13.4. The SMILES string of the molecule is O=C(C1=Cc2cc(Cl)ccc2OC1)N1CCC2(CC1)CN(Cc1ccccc1Cl)C2c1ccccc1. The number of benzene rings is 3. The molecule has 3 aromatic carbocycles. The van der Waals surface area contributed by atoms with Crippen LogP contribution in [-0.4, -0.2) is 41.9 Å². The summed E-state index contributed by atoms with van der Waals surface area (Å²) in [6.07, 6.45) is 3.89. The van der Waals surface area contributed by atoms with Crippen molar-refractivity contribution in [3.8, 4) is 5.75 Å². The van der Waals surface area contributed by atoms with E-state index in [9.17, 15) is 4.79 Å².